The number of benzene rings is 4. The van der Waals surface area contributed by atoms with Gasteiger partial charge in [0, 0.05) is 22.9 Å². The molecule has 1 aromatic heterocycles. The Bertz CT molecular complexity index is 1660. The van der Waals surface area contributed by atoms with E-state index in [0.717, 1.165) is 36.8 Å². The molecule has 0 saturated heterocycles. The van der Waals surface area contributed by atoms with Gasteiger partial charge in [0.25, 0.3) is 0 Å². The van der Waals surface area contributed by atoms with E-state index in [1.807, 2.05) is 0 Å². The summed E-state index contributed by atoms with van der Waals surface area (Å²) in [5, 5.41) is 2.68. The molecule has 0 radical (unpaired) electrons. The minimum atomic E-state index is -1.49. The SMILES string of the molecule is Cc1cc2c(c3c1op(N([C@H](C)c1ccccc1)[C@H](C)c1ccccc1)oc1c(C)cc4c(c13)CCCC4)CCCC2. The zero-order chi connectivity index (χ0) is 28.8. The molecule has 42 heavy (non-hydrogen) atoms. The van der Waals surface area contributed by atoms with Crippen molar-refractivity contribution in [2.75, 3.05) is 4.67 Å². The van der Waals surface area contributed by atoms with Gasteiger partial charge >= 0.3 is 8.16 Å². The van der Waals surface area contributed by atoms with Crippen LogP contribution in [0.1, 0.15) is 96.1 Å². The van der Waals surface area contributed by atoms with Crippen molar-refractivity contribution in [3.63, 3.8) is 0 Å². The van der Waals surface area contributed by atoms with Crippen LogP contribution in [-0.4, -0.2) is 0 Å². The Morgan fingerprint density at radius 3 is 1.43 bits per heavy atom. The largest absolute Gasteiger partial charge is 0.407 e. The van der Waals surface area contributed by atoms with Gasteiger partial charge in [-0.05, 0) is 124 Å². The van der Waals surface area contributed by atoms with Crippen molar-refractivity contribution in [1.82, 2.24) is 0 Å². The van der Waals surface area contributed by atoms with E-state index < -0.39 is 8.16 Å². The number of fused-ring (bicyclic) bond motifs is 7. The number of hydrogen-bond donors (Lipinski definition) is 0. The van der Waals surface area contributed by atoms with E-state index in [1.54, 1.807) is 0 Å². The summed E-state index contributed by atoms with van der Waals surface area (Å²) < 4.78 is 17.1. The minimum Gasteiger partial charge on any atom is -0.407 e. The average Bonchev–Trinajstić information content (AvgIpc) is 3.21. The van der Waals surface area contributed by atoms with Gasteiger partial charge < -0.3 is 8.39 Å². The predicted octanol–water partition coefficient (Wildman–Crippen LogP) is 11.1. The number of aryl methyl sites for hydroxylation is 6. The number of rotatable bonds is 5. The summed E-state index contributed by atoms with van der Waals surface area (Å²) in [6.45, 7) is 9.10. The molecule has 0 aliphatic heterocycles. The highest BCUT2D eigenvalue weighted by Crippen LogP contribution is 2.49. The van der Waals surface area contributed by atoms with Crippen LogP contribution < -0.4 is 4.67 Å². The molecular formula is C38H42NO2P. The predicted molar refractivity (Wildman–Crippen MR) is 177 cm³/mol. The smallest absolute Gasteiger partial charge is 0.310 e. The molecule has 2 aliphatic rings. The quantitative estimate of drug-likeness (QED) is 0.209. The van der Waals surface area contributed by atoms with Crippen LogP contribution >= 0.6 is 8.16 Å². The zero-order valence-electron chi connectivity index (χ0n) is 25.5. The molecule has 0 N–H and O–H groups in total. The molecule has 4 aromatic carbocycles. The second-order valence-electron chi connectivity index (χ2n) is 12.5. The monoisotopic (exact) mass is 575 g/mol. The fourth-order valence-corrected chi connectivity index (χ4v) is 9.33. The first-order valence-corrected chi connectivity index (χ1v) is 17.0. The molecule has 7 rings (SSSR count). The molecule has 4 heteroatoms. The van der Waals surface area contributed by atoms with E-state index in [0.29, 0.717) is 0 Å². The van der Waals surface area contributed by atoms with Crippen molar-refractivity contribution in [1.29, 1.82) is 0 Å². The molecule has 0 saturated carbocycles. The summed E-state index contributed by atoms with van der Waals surface area (Å²) in [6, 6.07) is 26.7. The Balaban J connectivity index is 1.60. The summed E-state index contributed by atoms with van der Waals surface area (Å²) in [5.41, 5.74) is 13.1. The molecule has 1 heterocycles. The van der Waals surface area contributed by atoms with Gasteiger partial charge in [0.15, 0.2) is 0 Å². The van der Waals surface area contributed by atoms with Crippen LogP contribution in [0.5, 0.6) is 0 Å². The third-order valence-corrected chi connectivity index (χ3v) is 11.5. The molecule has 0 unspecified atom stereocenters. The Morgan fingerprint density at radius 2 is 1.00 bits per heavy atom. The van der Waals surface area contributed by atoms with E-state index in [-0.39, 0.29) is 12.1 Å². The van der Waals surface area contributed by atoms with E-state index in [9.17, 15) is 0 Å². The third-order valence-electron chi connectivity index (χ3n) is 9.71. The van der Waals surface area contributed by atoms with Crippen molar-refractivity contribution in [3.05, 3.63) is 117 Å². The van der Waals surface area contributed by atoms with Crippen molar-refractivity contribution in [2.45, 2.75) is 91.1 Å². The van der Waals surface area contributed by atoms with Gasteiger partial charge in [-0.3, -0.25) is 0 Å². The highest BCUT2D eigenvalue weighted by atomic mass is 31.1. The second kappa shape index (κ2) is 11.4. The van der Waals surface area contributed by atoms with Gasteiger partial charge in [-0.1, -0.05) is 72.8 Å². The van der Waals surface area contributed by atoms with Crippen molar-refractivity contribution >= 4 is 30.1 Å². The van der Waals surface area contributed by atoms with Crippen LogP contribution in [0.15, 0.2) is 81.2 Å². The summed E-state index contributed by atoms with van der Waals surface area (Å²) in [7, 11) is -1.49. The van der Waals surface area contributed by atoms with Crippen LogP contribution in [0, 0.1) is 13.8 Å². The normalized spacial score (nSPS) is 16.3. The van der Waals surface area contributed by atoms with Crippen LogP contribution in [0.2, 0.25) is 0 Å². The number of nitrogens with zero attached hydrogens (tertiary/aromatic N) is 1. The van der Waals surface area contributed by atoms with Gasteiger partial charge in [-0.25, -0.2) is 0 Å². The molecule has 3 nitrogen and oxygen atoms in total. The third kappa shape index (κ3) is 4.81. The van der Waals surface area contributed by atoms with Crippen LogP contribution in [-0.2, 0) is 25.7 Å². The van der Waals surface area contributed by atoms with Gasteiger partial charge in [-0.2, -0.15) is 4.67 Å². The summed E-state index contributed by atoms with van der Waals surface area (Å²) >= 11 is 0. The first-order valence-electron chi connectivity index (χ1n) is 15.9. The van der Waals surface area contributed by atoms with E-state index in [1.165, 1.54) is 81.0 Å². The number of hydrogen-bond acceptors (Lipinski definition) is 3. The second-order valence-corrected chi connectivity index (χ2v) is 13.8. The fourth-order valence-electron chi connectivity index (χ4n) is 7.49. The molecule has 216 valence electrons. The summed E-state index contributed by atoms with van der Waals surface area (Å²) in [5.74, 6) is 0. The lowest BCUT2D eigenvalue weighted by atomic mass is 9.82. The molecule has 2 aliphatic carbocycles. The molecule has 0 amide bonds. The Kier molecular flexibility index (Phi) is 7.51. The average molecular weight is 576 g/mol. The Hall–Kier alpha value is -3.26. The lowest BCUT2D eigenvalue weighted by molar-refractivity contribution is 0.557. The molecule has 0 spiro atoms. The van der Waals surface area contributed by atoms with Crippen molar-refractivity contribution < 1.29 is 8.39 Å². The maximum Gasteiger partial charge on any atom is 0.310 e. The molecule has 0 bridgehead atoms. The minimum absolute atomic E-state index is 0.0911. The van der Waals surface area contributed by atoms with E-state index in [2.05, 4.69) is 105 Å². The van der Waals surface area contributed by atoms with Crippen molar-refractivity contribution in [2.24, 2.45) is 0 Å². The van der Waals surface area contributed by atoms with E-state index >= 15 is 0 Å². The van der Waals surface area contributed by atoms with Gasteiger partial charge in [-0.15, -0.1) is 0 Å². The fraction of sp³-hybridized carbons (Fsp3) is 0.368. The lowest BCUT2D eigenvalue weighted by Gasteiger charge is -2.32. The van der Waals surface area contributed by atoms with E-state index in [4.69, 9.17) is 8.39 Å². The van der Waals surface area contributed by atoms with Gasteiger partial charge in [0.1, 0.15) is 11.2 Å². The Morgan fingerprint density at radius 1 is 0.595 bits per heavy atom. The molecular weight excluding hydrogens is 533 g/mol. The molecule has 5 aromatic rings. The Labute approximate surface area is 251 Å². The zero-order valence-corrected chi connectivity index (χ0v) is 26.3. The highest BCUT2D eigenvalue weighted by Gasteiger charge is 2.31. The van der Waals surface area contributed by atoms with Gasteiger partial charge in [0.05, 0.1) is 0 Å². The maximum atomic E-state index is 7.30. The summed E-state index contributed by atoms with van der Waals surface area (Å²) in [4.78, 5) is 0. The van der Waals surface area contributed by atoms with Crippen LogP contribution in [0.3, 0.4) is 0 Å². The lowest BCUT2D eigenvalue weighted by Crippen LogP contribution is -2.27. The topological polar surface area (TPSA) is 29.5 Å². The first kappa shape index (κ1) is 27.6. The van der Waals surface area contributed by atoms with Gasteiger partial charge in [0.2, 0.25) is 0 Å². The molecule has 2 atom stereocenters. The standard InChI is InChI=1S/C38H42NO2P/c1-25-23-31-19-11-13-21-33(31)35-36-34-22-14-12-20-32(34)24-26(2)38(36)41-42(40-37(25)35)39(27(3)29-15-7-5-8-16-29)28(4)30-17-9-6-10-18-30/h5-10,15-18,23-24,27-28H,11-14,19-22H2,1-4H3/t27-,28-/m1/s1. The van der Waals surface area contributed by atoms with Crippen LogP contribution in [0.25, 0.3) is 21.9 Å². The first-order chi connectivity index (χ1) is 20.5. The maximum absolute atomic E-state index is 7.30. The summed E-state index contributed by atoms with van der Waals surface area (Å²) in [6.07, 6.45) is 9.57. The van der Waals surface area contributed by atoms with Crippen LogP contribution in [0.4, 0.5) is 0 Å². The highest BCUT2D eigenvalue weighted by molar-refractivity contribution is 7.39. The van der Waals surface area contributed by atoms with Crippen molar-refractivity contribution in [3.8, 4) is 0 Å². The molecule has 0 fully saturated rings.